The van der Waals surface area contributed by atoms with Crippen molar-refractivity contribution >= 4 is 5.91 Å². The molecule has 1 N–H and O–H groups in total. The fourth-order valence-corrected chi connectivity index (χ4v) is 2.12. The Morgan fingerprint density at radius 3 is 2.43 bits per heavy atom. The van der Waals surface area contributed by atoms with Crippen LogP contribution >= 0.6 is 0 Å². The van der Waals surface area contributed by atoms with Gasteiger partial charge in [-0.1, -0.05) is 39.0 Å². The highest BCUT2D eigenvalue weighted by atomic mass is 19.1. The number of nitrogens with one attached hydrogen (secondary N) is 1. The second-order valence-electron chi connectivity index (χ2n) is 6.39. The minimum Gasteiger partial charge on any atom is -0.492 e. The smallest absolute Gasteiger partial charge is 0.251 e. The molecule has 0 aliphatic heterocycles. The fourth-order valence-electron chi connectivity index (χ4n) is 2.12. The summed E-state index contributed by atoms with van der Waals surface area (Å²) in [6.07, 6.45) is 0. The molecule has 2 rings (SSSR count). The van der Waals surface area contributed by atoms with E-state index in [1.807, 2.05) is 24.3 Å². The Balaban J connectivity index is 1.78. The van der Waals surface area contributed by atoms with Crippen molar-refractivity contribution in [2.45, 2.75) is 26.2 Å². The number of hydrogen-bond donors (Lipinski definition) is 1. The lowest BCUT2D eigenvalue weighted by Crippen LogP contribution is -2.28. The van der Waals surface area contributed by atoms with Gasteiger partial charge in [-0.15, -0.1) is 0 Å². The van der Waals surface area contributed by atoms with Crippen LogP contribution in [0.15, 0.2) is 48.5 Å². The van der Waals surface area contributed by atoms with Gasteiger partial charge in [-0.3, -0.25) is 4.79 Å². The van der Waals surface area contributed by atoms with E-state index in [0.717, 1.165) is 5.75 Å². The normalized spacial score (nSPS) is 11.1. The largest absolute Gasteiger partial charge is 0.492 e. The van der Waals surface area contributed by atoms with E-state index >= 15 is 0 Å². The lowest BCUT2D eigenvalue weighted by atomic mass is 9.87. The Bertz CT molecular complexity index is 660. The predicted molar refractivity (Wildman–Crippen MR) is 89.4 cm³/mol. The molecule has 0 heterocycles. The van der Waals surface area contributed by atoms with Crippen molar-refractivity contribution in [2.75, 3.05) is 13.2 Å². The van der Waals surface area contributed by atoms with Crippen LogP contribution in [-0.4, -0.2) is 19.1 Å². The number of rotatable bonds is 5. The van der Waals surface area contributed by atoms with Crippen LogP contribution < -0.4 is 10.1 Å². The van der Waals surface area contributed by atoms with Gasteiger partial charge in [0.1, 0.15) is 18.2 Å². The molecule has 0 spiro atoms. The molecule has 0 aliphatic rings. The highest BCUT2D eigenvalue weighted by Gasteiger charge is 2.13. The monoisotopic (exact) mass is 315 g/mol. The lowest BCUT2D eigenvalue weighted by molar-refractivity contribution is 0.0946. The van der Waals surface area contributed by atoms with Gasteiger partial charge in [0.25, 0.3) is 5.91 Å². The zero-order chi connectivity index (χ0) is 16.9. The fraction of sp³-hybridized carbons (Fsp3) is 0.316. The summed E-state index contributed by atoms with van der Waals surface area (Å²) in [5.74, 6) is 0.0297. The van der Waals surface area contributed by atoms with Crippen molar-refractivity contribution < 1.29 is 13.9 Å². The first-order valence-corrected chi connectivity index (χ1v) is 7.63. The van der Waals surface area contributed by atoms with Gasteiger partial charge in [-0.25, -0.2) is 4.39 Å². The zero-order valence-electron chi connectivity index (χ0n) is 13.7. The lowest BCUT2D eigenvalue weighted by Gasteiger charge is -2.19. The third-order valence-electron chi connectivity index (χ3n) is 3.46. The first-order chi connectivity index (χ1) is 10.9. The summed E-state index contributed by atoms with van der Waals surface area (Å²) in [7, 11) is 0. The molecular formula is C19H22FNO2. The predicted octanol–water partition coefficient (Wildman–Crippen LogP) is 3.93. The molecule has 0 unspecified atom stereocenters. The summed E-state index contributed by atoms with van der Waals surface area (Å²) < 4.78 is 18.6. The van der Waals surface area contributed by atoms with Crippen molar-refractivity contribution in [1.29, 1.82) is 0 Å². The first-order valence-electron chi connectivity index (χ1n) is 7.63. The third kappa shape index (κ3) is 5.09. The van der Waals surface area contributed by atoms with Gasteiger partial charge < -0.3 is 10.1 Å². The summed E-state index contributed by atoms with van der Waals surface area (Å²) in [4.78, 5) is 11.8. The Morgan fingerprint density at radius 1 is 1.13 bits per heavy atom. The minimum atomic E-state index is -0.423. The van der Waals surface area contributed by atoms with Crippen LogP contribution in [-0.2, 0) is 5.41 Å². The molecule has 0 bridgehead atoms. The Hall–Kier alpha value is -2.36. The average molecular weight is 315 g/mol. The summed E-state index contributed by atoms with van der Waals surface area (Å²) in [5.41, 5.74) is 1.65. The van der Waals surface area contributed by atoms with E-state index in [2.05, 4.69) is 26.1 Å². The van der Waals surface area contributed by atoms with E-state index < -0.39 is 5.82 Å². The summed E-state index contributed by atoms with van der Waals surface area (Å²) in [5, 5.41) is 2.70. The van der Waals surface area contributed by atoms with Crippen LogP contribution in [0, 0.1) is 5.82 Å². The van der Waals surface area contributed by atoms with Crippen LogP contribution in [0.1, 0.15) is 36.7 Å². The first kappa shape index (κ1) is 17.0. The number of amides is 1. The van der Waals surface area contributed by atoms with Crippen molar-refractivity contribution in [3.8, 4) is 5.75 Å². The van der Waals surface area contributed by atoms with Gasteiger partial charge in [-0.05, 0) is 41.3 Å². The number of hydrogen-bond acceptors (Lipinski definition) is 2. The van der Waals surface area contributed by atoms with Gasteiger partial charge in [-0.2, -0.15) is 0 Å². The van der Waals surface area contributed by atoms with Crippen molar-refractivity contribution in [3.63, 3.8) is 0 Å². The molecule has 0 atom stereocenters. The summed E-state index contributed by atoms with van der Waals surface area (Å²) >= 11 is 0. The van der Waals surface area contributed by atoms with Gasteiger partial charge in [0.2, 0.25) is 0 Å². The molecule has 4 heteroatoms. The second-order valence-corrected chi connectivity index (χ2v) is 6.39. The molecule has 1 amide bonds. The quantitative estimate of drug-likeness (QED) is 0.849. The molecule has 2 aromatic rings. The molecule has 2 aromatic carbocycles. The highest BCUT2D eigenvalue weighted by Crippen LogP contribution is 2.24. The average Bonchev–Trinajstić information content (AvgIpc) is 2.51. The Kier molecular flexibility index (Phi) is 5.37. The summed E-state index contributed by atoms with van der Waals surface area (Å²) in [6, 6.07) is 13.5. The van der Waals surface area contributed by atoms with E-state index in [4.69, 9.17) is 4.74 Å². The third-order valence-corrected chi connectivity index (χ3v) is 3.46. The van der Waals surface area contributed by atoms with E-state index in [-0.39, 0.29) is 11.3 Å². The number of ether oxygens (including phenoxy) is 1. The summed E-state index contributed by atoms with van der Waals surface area (Å²) in [6.45, 7) is 7.19. The van der Waals surface area contributed by atoms with Gasteiger partial charge >= 0.3 is 0 Å². The van der Waals surface area contributed by atoms with Crippen LogP contribution in [0.2, 0.25) is 0 Å². The molecule has 0 aliphatic carbocycles. The van der Waals surface area contributed by atoms with E-state index in [1.54, 1.807) is 6.07 Å². The van der Waals surface area contributed by atoms with Crippen molar-refractivity contribution in [2.24, 2.45) is 0 Å². The maximum Gasteiger partial charge on any atom is 0.251 e. The Labute approximate surface area is 136 Å². The number of carbonyl (C=O) groups excluding carboxylic acids is 1. The van der Waals surface area contributed by atoms with Crippen LogP contribution in [0.4, 0.5) is 4.39 Å². The molecule has 3 nitrogen and oxygen atoms in total. The van der Waals surface area contributed by atoms with E-state index in [0.29, 0.717) is 18.7 Å². The van der Waals surface area contributed by atoms with E-state index in [9.17, 15) is 9.18 Å². The van der Waals surface area contributed by atoms with Crippen molar-refractivity contribution in [3.05, 3.63) is 65.5 Å². The molecule has 0 radical (unpaired) electrons. The maximum absolute atomic E-state index is 13.0. The molecule has 0 fully saturated rings. The van der Waals surface area contributed by atoms with Gasteiger partial charge in [0.15, 0.2) is 0 Å². The van der Waals surface area contributed by atoms with Gasteiger partial charge in [0, 0.05) is 5.56 Å². The maximum atomic E-state index is 13.0. The van der Waals surface area contributed by atoms with Crippen LogP contribution in [0.25, 0.3) is 0 Å². The van der Waals surface area contributed by atoms with Gasteiger partial charge in [0.05, 0.1) is 6.54 Å². The molecule has 122 valence electrons. The van der Waals surface area contributed by atoms with Crippen LogP contribution in [0.5, 0.6) is 5.75 Å². The molecule has 0 saturated heterocycles. The number of carbonyl (C=O) groups is 1. The van der Waals surface area contributed by atoms with Crippen LogP contribution in [0.3, 0.4) is 0 Å². The highest BCUT2D eigenvalue weighted by molar-refractivity contribution is 5.94. The Morgan fingerprint density at radius 2 is 1.83 bits per heavy atom. The van der Waals surface area contributed by atoms with Crippen molar-refractivity contribution in [1.82, 2.24) is 5.32 Å². The van der Waals surface area contributed by atoms with E-state index in [1.165, 1.54) is 23.8 Å². The molecule has 0 saturated carbocycles. The second kappa shape index (κ2) is 7.27. The zero-order valence-corrected chi connectivity index (χ0v) is 13.7. The SMILES string of the molecule is CC(C)(C)c1ccc(OCCNC(=O)c2cccc(F)c2)cc1. The standard InChI is InChI=1S/C19H22FNO2/c1-19(2,3)15-7-9-17(10-8-15)23-12-11-21-18(22)14-5-4-6-16(20)13-14/h4-10,13H,11-12H2,1-3H3,(H,21,22). The molecule has 23 heavy (non-hydrogen) atoms. The molecule has 0 aromatic heterocycles. The molecular weight excluding hydrogens is 293 g/mol. The number of halogens is 1. The topological polar surface area (TPSA) is 38.3 Å². The minimum absolute atomic E-state index is 0.109. The number of benzene rings is 2.